The summed E-state index contributed by atoms with van der Waals surface area (Å²) in [6.45, 7) is 7.97. The van der Waals surface area contributed by atoms with Crippen LogP contribution in [0.3, 0.4) is 0 Å². The normalized spacial score (nSPS) is 17.7. The van der Waals surface area contributed by atoms with E-state index in [1.165, 1.54) is 19.3 Å². The molecule has 0 bridgehead atoms. The van der Waals surface area contributed by atoms with E-state index in [0.717, 1.165) is 24.5 Å². The summed E-state index contributed by atoms with van der Waals surface area (Å²) in [6, 6.07) is 7.64. The number of urea groups is 1. The monoisotopic (exact) mass is 319 g/mol. The highest BCUT2D eigenvalue weighted by molar-refractivity contribution is 5.89. The SMILES string of the molecule is CC(C)C(C)(O)CNC(=O)Nc1cccc(N2CCCCC2)c1. The number of rotatable bonds is 5. The molecular weight excluding hydrogens is 290 g/mol. The van der Waals surface area contributed by atoms with E-state index in [-0.39, 0.29) is 18.5 Å². The van der Waals surface area contributed by atoms with Gasteiger partial charge in [-0.1, -0.05) is 19.9 Å². The number of anilines is 2. The van der Waals surface area contributed by atoms with E-state index in [4.69, 9.17) is 0 Å². The Kier molecular flexibility index (Phi) is 5.88. The smallest absolute Gasteiger partial charge is 0.319 e. The number of benzene rings is 1. The summed E-state index contributed by atoms with van der Waals surface area (Å²) in [5.41, 5.74) is 1.01. The number of nitrogens with one attached hydrogen (secondary N) is 2. The maximum Gasteiger partial charge on any atom is 0.319 e. The maximum atomic E-state index is 12.0. The van der Waals surface area contributed by atoms with Crippen LogP contribution in [0, 0.1) is 5.92 Å². The predicted octanol–water partition coefficient (Wildman–Crippen LogP) is 3.21. The molecule has 0 radical (unpaired) electrons. The van der Waals surface area contributed by atoms with Crippen LogP contribution in [-0.4, -0.2) is 36.4 Å². The molecule has 5 nitrogen and oxygen atoms in total. The third-order valence-electron chi connectivity index (χ3n) is 4.68. The number of piperidine rings is 1. The molecule has 1 saturated heterocycles. The van der Waals surface area contributed by atoms with Crippen molar-refractivity contribution in [2.45, 2.75) is 45.6 Å². The molecule has 0 aromatic heterocycles. The summed E-state index contributed by atoms with van der Waals surface area (Å²) in [5.74, 6) is 0.0743. The van der Waals surface area contributed by atoms with Gasteiger partial charge in [0, 0.05) is 31.0 Å². The van der Waals surface area contributed by atoms with Crippen LogP contribution in [-0.2, 0) is 0 Å². The number of aliphatic hydroxyl groups is 1. The van der Waals surface area contributed by atoms with Gasteiger partial charge in [0.25, 0.3) is 0 Å². The number of amides is 2. The van der Waals surface area contributed by atoms with E-state index in [1.54, 1.807) is 6.92 Å². The average Bonchev–Trinajstić information content (AvgIpc) is 2.54. The van der Waals surface area contributed by atoms with Gasteiger partial charge in [0.1, 0.15) is 0 Å². The molecule has 5 heteroatoms. The van der Waals surface area contributed by atoms with Crippen molar-refractivity contribution in [2.75, 3.05) is 29.9 Å². The van der Waals surface area contributed by atoms with Crippen LogP contribution >= 0.6 is 0 Å². The molecular formula is C18H29N3O2. The first-order valence-corrected chi connectivity index (χ1v) is 8.51. The minimum Gasteiger partial charge on any atom is -0.388 e. The molecule has 1 heterocycles. The van der Waals surface area contributed by atoms with Crippen LogP contribution in [0.1, 0.15) is 40.0 Å². The lowest BCUT2D eigenvalue weighted by Crippen LogP contribution is -2.45. The zero-order valence-electron chi connectivity index (χ0n) is 14.4. The fourth-order valence-electron chi connectivity index (χ4n) is 2.57. The molecule has 0 spiro atoms. The number of hydrogen-bond donors (Lipinski definition) is 3. The Labute approximate surface area is 139 Å². The van der Waals surface area contributed by atoms with Crippen molar-refractivity contribution >= 4 is 17.4 Å². The Bertz CT molecular complexity index is 523. The second-order valence-electron chi connectivity index (χ2n) is 6.92. The number of carbonyl (C=O) groups excluding carboxylic acids is 1. The second-order valence-corrected chi connectivity index (χ2v) is 6.92. The van der Waals surface area contributed by atoms with E-state index in [1.807, 2.05) is 32.0 Å². The molecule has 1 unspecified atom stereocenters. The van der Waals surface area contributed by atoms with Gasteiger partial charge < -0.3 is 20.6 Å². The van der Waals surface area contributed by atoms with Crippen LogP contribution in [0.2, 0.25) is 0 Å². The third-order valence-corrected chi connectivity index (χ3v) is 4.68. The molecule has 1 fully saturated rings. The molecule has 2 amide bonds. The van der Waals surface area contributed by atoms with Crippen LogP contribution in [0.15, 0.2) is 24.3 Å². The summed E-state index contributed by atoms with van der Waals surface area (Å²) in [6.07, 6.45) is 3.75. The molecule has 1 atom stereocenters. The van der Waals surface area contributed by atoms with Crippen molar-refractivity contribution in [1.29, 1.82) is 0 Å². The lowest BCUT2D eigenvalue weighted by molar-refractivity contribution is 0.0170. The van der Waals surface area contributed by atoms with Gasteiger partial charge in [-0.05, 0) is 50.3 Å². The molecule has 1 aliphatic heterocycles. The second kappa shape index (κ2) is 7.68. The van der Waals surface area contributed by atoms with Gasteiger partial charge >= 0.3 is 6.03 Å². The quantitative estimate of drug-likeness (QED) is 0.781. The van der Waals surface area contributed by atoms with Crippen molar-refractivity contribution in [3.8, 4) is 0 Å². The Balaban J connectivity index is 1.91. The Morgan fingerprint density at radius 1 is 1.30 bits per heavy atom. The van der Waals surface area contributed by atoms with E-state index in [9.17, 15) is 9.90 Å². The van der Waals surface area contributed by atoms with Crippen molar-refractivity contribution in [3.05, 3.63) is 24.3 Å². The number of hydrogen-bond acceptors (Lipinski definition) is 3. The summed E-state index contributed by atoms with van der Waals surface area (Å²) in [7, 11) is 0. The average molecular weight is 319 g/mol. The third kappa shape index (κ3) is 5.13. The highest BCUT2D eigenvalue weighted by Gasteiger charge is 2.25. The van der Waals surface area contributed by atoms with Gasteiger partial charge in [-0.2, -0.15) is 0 Å². The minimum atomic E-state index is -0.910. The highest BCUT2D eigenvalue weighted by Crippen LogP contribution is 2.23. The Hall–Kier alpha value is -1.75. The van der Waals surface area contributed by atoms with Crippen LogP contribution in [0.4, 0.5) is 16.2 Å². The van der Waals surface area contributed by atoms with Crippen LogP contribution in [0.25, 0.3) is 0 Å². The summed E-state index contributed by atoms with van der Waals surface area (Å²) < 4.78 is 0. The molecule has 1 aliphatic rings. The van der Waals surface area contributed by atoms with Gasteiger partial charge in [0.15, 0.2) is 0 Å². The molecule has 0 aliphatic carbocycles. The first-order chi connectivity index (χ1) is 10.9. The van der Waals surface area contributed by atoms with Crippen molar-refractivity contribution in [3.63, 3.8) is 0 Å². The Morgan fingerprint density at radius 3 is 2.65 bits per heavy atom. The zero-order valence-corrected chi connectivity index (χ0v) is 14.4. The van der Waals surface area contributed by atoms with Gasteiger partial charge in [0.05, 0.1) is 5.60 Å². The molecule has 128 valence electrons. The minimum absolute atomic E-state index is 0.0743. The lowest BCUT2D eigenvalue weighted by atomic mass is 9.93. The standard InChI is InChI=1S/C18H29N3O2/c1-14(2)18(3,23)13-19-17(22)20-15-8-7-9-16(12-15)21-10-5-4-6-11-21/h7-9,12,14,23H,4-6,10-11,13H2,1-3H3,(H2,19,20,22). The first kappa shape index (κ1) is 17.6. The zero-order chi connectivity index (χ0) is 16.9. The summed E-state index contributed by atoms with van der Waals surface area (Å²) in [5, 5.41) is 15.8. The van der Waals surface area contributed by atoms with E-state index >= 15 is 0 Å². The first-order valence-electron chi connectivity index (χ1n) is 8.51. The van der Waals surface area contributed by atoms with Gasteiger partial charge in [-0.3, -0.25) is 0 Å². The van der Waals surface area contributed by atoms with Crippen molar-refractivity contribution < 1.29 is 9.90 Å². The number of carbonyl (C=O) groups is 1. The molecule has 0 saturated carbocycles. The van der Waals surface area contributed by atoms with Crippen LogP contribution < -0.4 is 15.5 Å². The number of nitrogens with zero attached hydrogens (tertiary/aromatic N) is 1. The summed E-state index contributed by atoms with van der Waals surface area (Å²) >= 11 is 0. The van der Waals surface area contributed by atoms with E-state index in [2.05, 4.69) is 21.6 Å². The van der Waals surface area contributed by atoms with Crippen molar-refractivity contribution in [2.24, 2.45) is 5.92 Å². The highest BCUT2D eigenvalue weighted by atomic mass is 16.3. The fourth-order valence-corrected chi connectivity index (χ4v) is 2.57. The Morgan fingerprint density at radius 2 is 2.00 bits per heavy atom. The fraction of sp³-hybridized carbons (Fsp3) is 0.611. The molecule has 2 rings (SSSR count). The van der Waals surface area contributed by atoms with Gasteiger partial charge in [0.2, 0.25) is 0 Å². The topological polar surface area (TPSA) is 64.6 Å². The predicted molar refractivity (Wildman–Crippen MR) is 95.0 cm³/mol. The molecule has 1 aromatic rings. The molecule has 23 heavy (non-hydrogen) atoms. The van der Waals surface area contributed by atoms with E-state index < -0.39 is 5.60 Å². The lowest BCUT2D eigenvalue weighted by Gasteiger charge is -2.29. The molecule has 1 aromatic carbocycles. The van der Waals surface area contributed by atoms with E-state index in [0.29, 0.717) is 0 Å². The summed E-state index contributed by atoms with van der Waals surface area (Å²) in [4.78, 5) is 14.4. The van der Waals surface area contributed by atoms with Gasteiger partial charge in [-0.25, -0.2) is 4.79 Å². The largest absolute Gasteiger partial charge is 0.388 e. The van der Waals surface area contributed by atoms with Crippen molar-refractivity contribution in [1.82, 2.24) is 5.32 Å². The maximum absolute atomic E-state index is 12.0. The van der Waals surface area contributed by atoms with Gasteiger partial charge in [-0.15, -0.1) is 0 Å². The van der Waals surface area contributed by atoms with Crippen LogP contribution in [0.5, 0.6) is 0 Å². The molecule has 3 N–H and O–H groups in total.